The highest BCUT2D eigenvalue weighted by Crippen LogP contribution is 2.27. The normalized spacial score (nSPS) is 16.4. The molecule has 0 heterocycles. The zero-order valence-corrected chi connectivity index (χ0v) is 11.9. The van der Waals surface area contributed by atoms with Crippen LogP contribution >= 0.6 is 11.6 Å². The van der Waals surface area contributed by atoms with Crippen molar-refractivity contribution < 1.29 is 12.8 Å². The number of hydrogen-bond acceptors (Lipinski definition) is 3. The summed E-state index contributed by atoms with van der Waals surface area (Å²) in [7, 11) is -3.71. The molecule has 0 radical (unpaired) electrons. The van der Waals surface area contributed by atoms with Gasteiger partial charge in [0.25, 0.3) is 0 Å². The van der Waals surface area contributed by atoms with Crippen LogP contribution in [-0.2, 0) is 16.6 Å². The molecule has 1 fully saturated rings. The van der Waals surface area contributed by atoms with E-state index in [2.05, 4.69) is 4.72 Å². The Balaban J connectivity index is 2.21. The molecule has 0 aromatic heterocycles. The van der Waals surface area contributed by atoms with Gasteiger partial charge in [0.05, 0.1) is 9.92 Å². The number of hydrogen-bond donors (Lipinski definition) is 2. The monoisotopic (exact) mass is 306 g/mol. The Hall–Kier alpha value is -0.690. The summed E-state index contributed by atoms with van der Waals surface area (Å²) in [4.78, 5) is -0.130. The first-order chi connectivity index (χ1) is 8.94. The Morgan fingerprint density at radius 3 is 2.63 bits per heavy atom. The lowest BCUT2D eigenvalue weighted by molar-refractivity contribution is 0.316. The second-order valence-corrected chi connectivity index (χ2v) is 6.88. The van der Waals surface area contributed by atoms with E-state index in [1.54, 1.807) is 0 Å². The minimum absolute atomic E-state index is 0.0122. The molecule has 4 nitrogen and oxygen atoms in total. The molecule has 3 N–H and O–H groups in total. The highest BCUT2D eigenvalue weighted by atomic mass is 35.5. The van der Waals surface area contributed by atoms with Crippen molar-refractivity contribution >= 4 is 21.6 Å². The first kappa shape index (κ1) is 14.7. The third kappa shape index (κ3) is 3.25. The predicted molar refractivity (Wildman–Crippen MR) is 71.8 cm³/mol. The minimum Gasteiger partial charge on any atom is -0.326 e. The summed E-state index contributed by atoms with van der Waals surface area (Å²) in [6.45, 7) is 0.381. The lowest BCUT2D eigenvalue weighted by Gasteiger charge is -2.25. The third-order valence-corrected chi connectivity index (χ3v) is 5.22. The van der Waals surface area contributed by atoms with Gasteiger partial charge in [-0.1, -0.05) is 18.0 Å². The first-order valence-corrected chi connectivity index (χ1v) is 7.98. The largest absolute Gasteiger partial charge is 0.326 e. The van der Waals surface area contributed by atoms with Gasteiger partial charge in [0.15, 0.2) is 0 Å². The molecular weight excluding hydrogens is 291 g/mol. The number of halogens is 2. The molecule has 0 aliphatic heterocycles. The van der Waals surface area contributed by atoms with Crippen molar-refractivity contribution in [3.8, 4) is 0 Å². The second kappa shape index (κ2) is 5.75. The highest BCUT2D eigenvalue weighted by molar-refractivity contribution is 7.89. The average molecular weight is 307 g/mol. The van der Waals surface area contributed by atoms with Crippen molar-refractivity contribution in [1.29, 1.82) is 0 Å². The number of rotatable bonds is 5. The summed E-state index contributed by atoms with van der Waals surface area (Å²) in [6.07, 6.45) is 3.20. The summed E-state index contributed by atoms with van der Waals surface area (Å²) >= 11 is 5.70. The fourth-order valence-electron chi connectivity index (χ4n) is 1.93. The van der Waals surface area contributed by atoms with Gasteiger partial charge in [0.2, 0.25) is 10.0 Å². The molecule has 1 aliphatic carbocycles. The Bertz CT molecular complexity index is 573. The Kier molecular flexibility index (Phi) is 4.45. The molecular formula is C12H16ClFN2O2S. The lowest BCUT2D eigenvalue weighted by Crippen LogP contribution is -2.32. The van der Waals surface area contributed by atoms with Crippen molar-refractivity contribution in [3.05, 3.63) is 28.5 Å². The van der Waals surface area contributed by atoms with Crippen LogP contribution in [0.5, 0.6) is 0 Å². The average Bonchev–Trinajstić information content (AvgIpc) is 2.30. The van der Waals surface area contributed by atoms with Crippen LogP contribution in [0.2, 0.25) is 5.02 Å². The SMILES string of the molecule is NCc1cc(S(=O)(=O)NCC2CCC2)cc(F)c1Cl. The van der Waals surface area contributed by atoms with Crippen LogP contribution in [0.1, 0.15) is 24.8 Å². The molecule has 7 heteroatoms. The van der Waals surface area contributed by atoms with Gasteiger partial charge >= 0.3 is 0 Å². The van der Waals surface area contributed by atoms with Gasteiger partial charge in [0.1, 0.15) is 5.82 Å². The van der Waals surface area contributed by atoms with Crippen LogP contribution in [0.3, 0.4) is 0 Å². The topological polar surface area (TPSA) is 72.2 Å². The quantitative estimate of drug-likeness (QED) is 0.874. The maximum Gasteiger partial charge on any atom is 0.240 e. The number of benzene rings is 1. The smallest absolute Gasteiger partial charge is 0.240 e. The van der Waals surface area contributed by atoms with Crippen molar-refractivity contribution in [1.82, 2.24) is 4.72 Å². The van der Waals surface area contributed by atoms with Gasteiger partial charge in [-0.05, 0) is 36.5 Å². The lowest BCUT2D eigenvalue weighted by atomic mass is 9.86. The van der Waals surface area contributed by atoms with Crippen LogP contribution in [0.4, 0.5) is 4.39 Å². The van der Waals surface area contributed by atoms with E-state index in [0.717, 1.165) is 25.3 Å². The summed E-state index contributed by atoms with van der Waals surface area (Å²) in [5.74, 6) is -0.380. The molecule has 1 aromatic carbocycles. The molecule has 1 aromatic rings. The van der Waals surface area contributed by atoms with Gasteiger partial charge in [-0.3, -0.25) is 0 Å². The minimum atomic E-state index is -3.71. The molecule has 0 unspecified atom stereocenters. The van der Waals surface area contributed by atoms with E-state index in [4.69, 9.17) is 17.3 Å². The van der Waals surface area contributed by atoms with Crippen molar-refractivity contribution in [2.45, 2.75) is 30.7 Å². The molecule has 106 valence electrons. The third-order valence-electron chi connectivity index (χ3n) is 3.39. The fourth-order valence-corrected chi connectivity index (χ4v) is 3.29. The number of nitrogens with two attached hydrogens (primary N) is 1. The van der Waals surface area contributed by atoms with Gasteiger partial charge in [0, 0.05) is 13.1 Å². The zero-order chi connectivity index (χ0) is 14.0. The summed E-state index contributed by atoms with van der Waals surface area (Å²) < 4.78 is 40.1. The van der Waals surface area contributed by atoms with E-state index in [-0.39, 0.29) is 22.0 Å². The van der Waals surface area contributed by atoms with Gasteiger partial charge < -0.3 is 5.73 Å². The second-order valence-electron chi connectivity index (χ2n) is 4.73. The maximum absolute atomic E-state index is 13.6. The van der Waals surface area contributed by atoms with Crippen molar-refractivity contribution in [2.75, 3.05) is 6.54 Å². The van der Waals surface area contributed by atoms with Gasteiger partial charge in [-0.2, -0.15) is 0 Å². The molecule has 1 aliphatic rings. The molecule has 1 saturated carbocycles. The van der Waals surface area contributed by atoms with Crippen molar-refractivity contribution in [3.63, 3.8) is 0 Å². The molecule has 19 heavy (non-hydrogen) atoms. The Morgan fingerprint density at radius 1 is 1.42 bits per heavy atom. The van der Waals surface area contributed by atoms with Crippen LogP contribution in [0.25, 0.3) is 0 Å². The first-order valence-electron chi connectivity index (χ1n) is 6.11. The molecule has 0 amide bonds. The Morgan fingerprint density at radius 2 is 2.11 bits per heavy atom. The van der Waals surface area contributed by atoms with E-state index < -0.39 is 15.8 Å². The van der Waals surface area contributed by atoms with E-state index in [1.807, 2.05) is 0 Å². The van der Waals surface area contributed by atoms with E-state index in [9.17, 15) is 12.8 Å². The Labute approximate surface area is 117 Å². The molecule has 0 atom stereocenters. The molecule has 0 bridgehead atoms. The molecule has 2 rings (SSSR count). The predicted octanol–water partition coefficient (Wildman–Crippen LogP) is 2.02. The number of sulfonamides is 1. The summed E-state index contributed by atoms with van der Waals surface area (Å²) in [5, 5.41) is -0.125. The van der Waals surface area contributed by atoms with Gasteiger partial charge in [-0.15, -0.1) is 0 Å². The summed E-state index contributed by atoms with van der Waals surface area (Å²) in [5.41, 5.74) is 5.70. The van der Waals surface area contributed by atoms with Crippen LogP contribution < -0.4 is 10.5 Å². The van der Waals surface area contributed by atoms with Crippen LogP contribution in [0, 0.1) is 11.7 Å². The molecule has 0 saturated heterocycles. The van der Waals surface area contributed by atoms with Crippen molar-refractivity contribution in [2.24, 2.45) is 11.7 Å². The van der Waals surface area contributed by atoms with E-state index >= 15 is 0 Å². The standard InChI is InChI=1S/C12H16ClFN2O2S/c13-12-9(6-15)4-10(5-11(12)14)19(17,18)16-7-8-2-1-3-8/h4-5,8,16H,1-3,6-7,15H2. The fraction of sp³-hybridized carbons (Fsp3) is 0.500. The van der Waals surface area contributed by atoms with Gasteiger partial charge in [-0.25, -0.2) is 17.5 Å². The highest BCUT2D eigenvalue weighted by Gasteiger charge is 2.22. The van der Waals surface area contributed by atoms with E-state index in [1.165, 1.54) is 6.07 Å². The van der Waals surface area contributed by atoms with E-state index in [0.29, 0.717) is 12.5 Å². The zero-order valence-electron chi connectivity index (χ0n) is 10.3. The van der Waals surface area contributed by atoms with Crippen LogP contribution in [0.15, 0.2) is 17.0 Å². The molecule has 0 spiro atoms. The maximum atomic E-state index is 13.6. The number of nitrogens with one attached hydrogen (secondary N) is 1. The van der Waals surface area contributed by atoms with Crippen LogP contribution in [-0.4, -0.2) is 15.0 Å². The summed E-state index contributed by atoms with van der Waals surface area (Å²) in [6, 6.07) is 2.24.